The molecule has 0 amide bonds. The smallest absolute Gasteiger partial charge is 0.406 e. The molecule has 1 N–H and O–H groups in total. The van der Waals surface area contributed by atoms with Crippen LogP contribution in [0, 0.1) is 0 Å². The second-order valence-corrected chi connectivity index (χ2v) is 3.89. The van der Waals surface area contributed by atoms with Crippen LogP contribution in [-0.4, -0.2) is 19.5 Å². The number of alkyl halides is 3. The molecule has 0 bridgehead atoms. The summed E-state index contributed by atoms with van der Waals surface area (Å²) in [6, 6.07) is 5.80. The highest BCUT2D eigenvalue weighted by molar-refractivity contribution is 5.53. The lowest BCUT2D eigenvalue weighted by Gasteiger charge is -2.08. The molecule has 18 heavy (non-hydrogen) atoms. The Hall–Kier alpha value is -1.49. The average Bonchev–Trinajstić information content (AvgIpc) is 2.27. The zero-order chi connectivity index (χ0) is 13.6. The Morgan fingerprint density at radius 2 is 1.89 bits per heavy atom. The number of hydrogen-bond acceptors (Lipinski definition) is 2. The Labute approximate surface area is 104 Å². The van der Waals surface area contributed by atoms with Crippen LogP contribution in [0.15, 0.2) is 29.8 Å². The maximum atomic E-state index is 11.9. The molecule has 0 aliphatic heterocycles. The lowest BCUT2D eigenvalue weighted by molar-refractivity contribution is -0.274. The van der Waals surface area contributed by atoms with Gasteiger partial charge in [-0.2, -0.15) is 0 Å². The van der Waals surface area contributed by atoms with Gasteiger partial charge in [-0.1, -0.05) is 30.7 Å². The molecule has 1 aromatic carbocycles. The molecule has 0 aliphatic carbocycles. The maximum Gasteiger partial charge on any atom is 0.573 e. The minimum atomic E-state index is -4.64. The average molecular weight is 259 g/mol. The number of hydrogen-bond donors (Lipinski definition) is 1. The van der Waals surface area contributed by atoms with Crippen molar-refractivity contribution in [1.82, 2.24) is 5.32 Å². The first-order valence-corrected chi connectivity index (χ1v) is 5.64. The van der Waals surface area contributed by atoms with Crippen LogP contribution in [-0.2, 0) is 0 Å². The van der Waals surface area contributed by atoms with Gasteiger partial charge in [-0.05, 0) is 31.2 Å². The van der Waals surface area contributed by atoms with E-state index in [0.717, 1.165) is 24.2 Å². The largest absolute Gasteiger partial charge is 0.573 e. The molecule has 0 atom stereocenters. The number of ether oxygens (including phenoxy) is 1. The minimum Gasteiger partial charge on any atom is -0.406 e. The van der Waals surface area contributed by atoms with Crippen molar-refractivity contribution < 1.29 is 17.9 Å². The first-order valence-electron chi connectivity index (χ1n) is 5.64. The third-order valence-electron chi connectivity index (χ3n) is 2.18. The van der Waals surface area contributed by atoms with Gasteiger partial charge in [-0.15, -0.1) is 13.2 Å². The fourth-order valence-corrected chi connectivity index (χ4v) is 1.42. The summed E-state index contributed by atoms with van der Waals surface area (Å²) in [5.74, 6) is -0.205. The SMILES string of the molecule is CCNCC(C)=Cc1ccc(OC(F)(F)F)cc1. The quantitative estimate of drug-likeness (QED) is 0.872. The van der Waals surface area contributed by atoms with Gasteiger partial charge in [0, 0.05) is 6.54 Å². The van der Waals surface area contributed by atoms with Gasteiger partial charge < -0.3 is 10.1 Å². The summed E-state index contributed by atoms with van der Waals surface area (Å²) >= 11 is 0. The lowest BCUT2D eigenvalue weighted by Crippen LogP contribution is -2.17. The fourth-order valence-electron chi connectivity index (χ4n) is 1.42. The van der Waals surface area contributed by atoms with Crippen molar-refractivity contribution in [3.05, 3.63) is 35.4 Å². The van der Waals surface area contributed by atoms with E-state index in [1.165, 1.54) is 12.1 Å². The zero-order valence-corrected chi connectivity index (χ0v) is 10.3. The highest BCUT2D eigenvalue weighted by atomic mass is 19.4. The molecule has 5 heteroatoms. The Bertz CT molecular complexity index is 396. The lowest BCUT2D eigenvalue weighted by atomic mass is 10.1. The summed E-state index contributed by atoms with van der Waals surface area (Å²) in [4.78, 5) is 0. The van der Waals surface area contributed by atoms with Gasteiger partial charge in [-0.25, -0.2) is 0 Å². The molecular weight excluding hydrogens is 243 g/mol. The monoisotopic (exact) mass is 259 g/mol. The molecule has 0 aromatic heterocycles. The van der Waals surface area contributed by atoms with Crippen LogP contribution in [0.1, 0.15) is 19.4 Å². The molecule has 0 aliphatic rings. The standard InChI is InChI=1S/C13H16F3NO/c1-3-17-9-10(2)8-11-4-6-12(7-5-11)18-13(14,15)16/h4-8,17H,3,9H2,1-2H3. The summed E-state index contributed by atoms with van der Waals surface area (Å²) in [7, 11) is 0. The van der Waals surface area contributed by atoms with Crippen molar-refractivity contribution >= 4 is 6.08 Å². The fraction of sp³-hybridized carbons (Fsp3) is 0.385. The van der Waals surface area contributed by atoms with Crippen LogP contribution in [0.2, 0.25) is 0 Å². The van der Waals surface area contributed by atoms with Gasteiger partial charge in [-0.3, -0.25) is 0 Å². The molecule has 0 saturated heterocycles. The molecule has 0 radical (unpaired) electrons. The van der Waals surface area contributed by atoms with Crippen LogP contribution in [0.25, 0.3) is 6.08 Å². The molecule has 0 fully saturated rings. The molecule has 1 rings (SSSR count). The van der Waals surface area contributed by atoms with Crippen molar-refractivity contribution in [2.24, 2.45) is 0 Å². The van der Waals surface area contributed by atoms with Crippen molar-refractivity contribution in [2.45, 2.75) is 20.2 Å². The number of likely N-dealkylation sites (N-methyl/N-ethyl adjacent to an activating group) is 1. The van der Waals surface area contributed by atoms with Gasteiger partial charge in [0.2, 0.25) is 0 Å². The molecule has 0 heterocycles. The predicted molar refractivity (Wildman–Crippen MR) is 65.3 cm³/mol. The number of nitrogens with one attached hydrogen (secondary N) is 1. The van der Waals surface area contributed by atoms with E-state index in [9.17, 15) is 13.2 Å². The second kappa shape index (κ2) is 6.44. The predicted octanol–water partition coefficient (Wildman–Crippen LogP) is 3.60. The molecule has 2 nitrogen and oxygen atoms in total. The van der Waals surface area contributed by atoms with E-state index in [2.05, 4.69) is 10.1 Å². The van der Waals surface area contributed by atoms with Gasteiger partial charge >= 0.3 is 6.36 Å². The van der Waals surface area contributed by atoms with Crippen LogP contribution >= 0.6 is 0 Å². The van der Waals surface area contributed by atoms with Crippen LogP contribution < -0.4 is 10.1 Å². The van der Waals surface area contributed by atoms with Gasteiger partial charge in [0.05, 0.1) is 0 Å². The topological polar surface area (TPSA) is 21.3 Å². The second-order valence-electron chi connectivity index (χ2n) is 3.89. The van der Waals surface area contributed by atoms with Crippen molar-refractivity contribution in [2.75, 3.05) is 13.1 Å². The minimum absolute atomic E-state index is 0.205. The Balaban J connectivity index is 2.65. The third kappa shape index (κ3) is 5.72. The molecular formula is C13H16F3NO. The van der Waals surface area contributed by atoms with E-state index in [1.807, 2.05) is 19.9 Å². The zero-order valence-electron chi connectivity index (χ0n) is 10.3. The van der Waals surface area contributed by atoms with Crippen LogP contribution in [0.5, 0.6) is 5.75 Å². The first-order chi connectivity index (χ1) is 8.40. The van der Waals surface area contributed by atoms with Gasteiger partial charge in [0.1, 0.15) is 5.75 Å². The molecule has 100 valence electrons. The summed E-state index contributed by atoms with van der Waals surface area (Å²) < 4.78 is 39.6. The summed E-state index contributed by atoms with van der Waals surface area (Å²) in [5, 5.41) is 3.17. The van der Waals surface area contributed by atoms with E-state index >= 15 is 0 Å². The molecule has 1 aromatic rings. The molecule has 0 unspecified atom stereocenters. The van der Waals surface area contributed by atoms with Crippen LogP contribution in [0.3, 0.4) is 0 Å². The molecule has 0 saturated carbocycles. The maximum absolute atomic E-state index is 11.9. The summed E-state index contributed by atoms with van der Waals surface area (Å²) in [6.07, 6.45) is -2.72. The third-order valence-corrected chi connectivity index (χ3v) is 2.18. The Kier molecular flexibility index (Phi) is 5.22. The number of rotatable bonds is 5. The van der Waals surface area contributed by atoms with E-state index in [4.69, 9.17) is 0 Å². The summed E-state index contributed by atoms with van der Waals surface area (Å²) in [5.41, 5.74) is 1.96. The normalized spacial score (nSPS) is 12.6. The van der Waals surface area contributed by atoms with Gasteiger partial charge in [0.15, 0.2) is 0 Å². The van der Waals surface area contributed by atoms with E-state index in [0.29, 0.717) is 0 Å². The number of halogens is 3. The van der Waals surface area contributed by atoms with Crippen molar-refractivity contribution in [3.63, 3.8) is 0 Å². The van der Waals surface area contributed by atoms with Crippen LogP contribution in [0.4, 0.5) is 13.2 Å². The Morgan fingerprint density at radius 1 is 1.28 bits per heavy atom. The Morgan fingerprint density at radius 3 is 2.39 bits per heavy atom. The summed E-state index contributed by atoms with van der Waals surface area (Å²) in [6.45, 7) is 5.61. The molecule has 0 spiro atoms. The van der Waals surface area contributed by atoms with Gasteiger partial charge in [0.25, 0.3) is 0 Å². The van der Waals surface area contributed by atoms with E-state index in [-0.39, 0.29) is 5.75 Å². The van der Waals surface area contributed by atoms with Crippen molar-refractivity contribution in [3.8, 4) is 5.75 Å². The van der Waals surface area contributed by atoms with Crippen molar-refractivity contribution in [1.29, 1.82) is 0 Å². The highest BCUT2D eigenvalue weighted by Gasteiger charge is 2.30. The van der Waals surface area contributed by atoms with E-state index in [1.54, 1.807) is 12.1 Å². The van der Waals surface area contributed by atoms with E-state index < -0.39 is 6.36 Å². The first kappa shape index (κ1) is 14.6. The highest BCUT2D eigenvalue weighted by Crippen LogP contribution is 2.23. The number of benzene rings is 1.